The Hall–Kier alpha value is -2.07. The van der Waals surface area contributed by atoms with Crippen molar-refractivity contribution < 1.29 is 43.9 Å². The second-order valence-corrected chi connectivity index (χ2v) is 13.0. The number of carbonyl (C=O) groups excluding carboxylic acids is 3. The van der Waals surface area contributed by atoms with Gasteiger partial charge in [-0.2, -0.15) is 0 Å². The summed E-state index contributed by atoms with van der Waals surface area (Å²) in [5.74, 6) is -6.57. The smallest absolute Gasteiger partial charge is 0.348 e. The average molecular weight is 533 g/mol. The minimum absolute atomic E-state index is 0.0721. The highest BCUT2D eigenvalue weighted by Gasteiger charge is 2.83. The van der Waals surface area contributed by atoms with Crippen molar-refractivity contribution in [3.8, 4) is 0 Å². The van der Waals surface area contributed by atoms with Gasteiger partial charge in [0.25, 0.3) is 0 Å². The number of hydrogen-bond donors (Lipinski definition) is 3. The van der Waals surface area contributed by atoms with E-state index in [-0.39, 0.29) is 18.4 Å². The van der Waals surface area contributed by atoms with Crippen LogP contribution in [-0.2, 0) is 28.6 Å². The third-order valence-electron chi connectivity index (χ3n) is 10.5. The molecule has 0 radical (unpaired) electrons. The average Bonchev–Trinajstić information content (AvgIpc) is 3.12. The molecule has 210 valence electrons. The molecular weight excluding hydrogens is 492 g/mol. The zero-order chi connectivity index (χ0) is 28.1. The number of ketones is 1. The standard InChI is InChI=1S/C29H40O9/c1-12(2)16(13(3)4)9-20(31)38-22-21-15(6)23(32)29(35)26-27(7)17(14(5)8-18(30)24(27)33)10-19(37-25(22)34)28(21,26)11-36-29/h8-9,12-13,15,17,19,21-24,26,32-33,35H,10-11H2,1-7H3/t15-,17+,19-,21-,22-,23-,24-,26-,27-,28+,29+/m1/s1. The van der Waals surface area contributed by atoms with E-state index in [9.17, 15) is 29.7 Å². The second-order valence-electron chi connectivity index (χ2n) is 13.0. The van der Waals surface area contributed by atoms with Gasteiger partial charge in [0.2, 0.25) is 6.10 Å². The van der Waals surface area contributed by atoms with Crippen molar-refractivity contribution in [2.45, 2.75) is 85.1 Å². The summed E-state index contributed by atoms with van der Waals surface area (Å²) in [7, 11) is 0. The van der Waals surface area contributed by atoms with E-state index in [4.69, 9.17) is 14.2 Å². The van der Waals surface area contributed by atoms with Gasteiger partial charge in [-0.05, 0) is 43.1 Å². The molecule has 2 saturated carbocycles. The zero-order valence-electron chi connectivity index (χ0n) is 23.1. The van der Waals surface area contributed by atoms with Crippen molar-refractivity contribution >= 4 is 17.7 Å². The van der Waals surface area contributed by atoms with Gasteiger partial charge >= 0.3 is 11.9 Å². The molecule has 2 saturated heterocycles. The van der Waals surface area contributed by atoms with Crippen LogP contribution in [0.5, 0.6) is 0 Å². The monoisotopic (exact) mass is 532 g/mol. The molecule has 2 heterocycles. The van der Waals surface area contributed by atoms with Crippen molar-refractivity contribution in [3.05, 3.63) is 23.3 Å². The topological polar surface area (TPSA) is 140 Å². The fourth-order valence-corrected chi connectivity index (χ4v) is 9.03. The summed E-state index contributed by atoms with van der Waals surface area (Å²) in [6, 6.07) is 0. The first kappa shape index (κ1) is 27.5. The summed E-state index contributed by atoms with van der Waals surface area (Å²) in [5, 5.41) is 34.7. The Morgan fingerprint density at radius 1 is 1.18 bits per heavy atom. The Bertz CT molecular complexity index is 1110. The highest BCUT2D eigenvalue weighted by atomic mass is 16.7. The van der Waals surface area contributed by atoms with Crippen LogP contribution in [0.1, 0.15) is 54.9 Å². The molecule has 5 aliphatic rings. The normalized spacial score (nSPS) is 47.2. The molecule has 0 aromatic carbocycles. The second kappa shape index (κ2) is 8.71. The quantitative estimate of drug-likeness (QED) is 0.366. The van der Waals surface area contributed by atoms with E-state index in [1.165, 1.54) is 12.2 Å². The highest BCUT2D eigenvalue weighted by Crippen LogP contribution is 2.73. The summed E-state index contributed by atoms with van der Waals surface area (Å²) < 4.78 is 17.8. The van der Waals surface area contributed by atoms with E-state index in [2.05, 4.69) is 0 Å². The SMILES string of the molecule is CC1=CC(=O)[C@@H](O)[C@]2(C)[C@H]3[C@@]4(O)OC[C@]35[C@H]([C@@H](C)[C@H]4O)[C@@H](OC(=O)C=C(C(C)C)C(C)C)C(=O)O[C@@H]5C[C@@H]12. The number of carbonyl (C=O) groups is 3. The molecule has 5 rings (SSSR count). The van der Waals surface area contributed by atoms with Crippen LogP contribution in [0.2, 0.25) is 0 Å². The highest BCUT2D eigenvalue weighted by molar-refractivity contribution is 5.96. The zero-order valence-corrected chi connectivity index (χ0v) is 23.1. The maximum Gasteiger partial charge on any atom is 0.348 e. The number of aliphatic hydroxyl groups excluding tert-OH is 2. The van der Waals surface area contributed by atoms with Crippen molar-refractivity contribution in [2.24, 2.45) is 46.3 Å². The third-order valence-corrected chi connectivity index (χ3v) is 10.5. The number of hydrogen-bond acceptors (Lipinski definition) is 9. The van der Waals surface area contributed by atoms with Gasteiger partial charge in [0.15, 0.2) is 11.6 Å². The molecule has 4 fully saturated rings. The minimum Gasteiger partial charge on any atom is -0.459 e. The van der Waals surface area contributed by atoms with Crippen molar-refractivity contribution in [2.75, 3.05) is 6.61 Å². The molecule has 1 spiro atoms. The Kier molecular flexibility index (Phi) is 6.31. The Morgan fingerprint density at radius 3 is 2.42 bits per heavy atom. The molecular formula is C29H40O9. The van der Waals surface area contributed by atoms with Crippen LogP contribution in [0.4, 0.5) is 0 Å². The summed E-state index contributed by atoms with van der Waals surface area (Å²) in [6.45, 7) is 13.1. The lowest BCUT2D eigenvalue weighted by atomic mass is 9.38. The van der Waals surface area contributed by atoms with E-state index in [1.807, 2.05) is 27.7 Å². The van der Waals surface area contributed by atoms with E-state index < -0.39 is 82.4 Å². The number of ether oxygens (including phenoxy) is 3. The molecule has 2 aliphatic heterocycles. The lowest BCUT2D eigenvalue weighted by Gasteiger charge is -2.68. The number of rotatable bonds is 4. The van der Waals surface area contributed by atoms with E-state index in [1.54, 1.807) is 20.8 Å². The number of allylic oxidation sites excluding steroid dienone is 2. The van der Waals surface area contributed by atoms with Crippen molar-refractivity contribution in [3.63, 3.8) is 0 Å². The van der Waals surface area contributed by atoms with Gasteiger partial charge in [-0.3, -0.25) is 4.79 Å². The molecule has 9 heteroatoms. The number of aliphatic hydroxyl groups is 3. The summed E-state index contributed by atoms with van der Waals surface area (Å²) >= 11 is 0. The Morgan fingerprint density at radius 2 is 1.82 bits per heavy atom. The maximum absolute atomic E-state index is 13.5. The van der Waals surface area contributed by atoms with Crippen LogP contribution < -0.4 is 0 Å². The molecule has 2 bridgehead atoms. The molecule has 11 atom stereocenters. The molecule has 3 aliphatic carbocycles. The van der Waals surface area contributed by atoms with Crippen LogP contribution in [0, 0.1) is 46.3 Å². The Labute approximate surface area is 223 Å². The Balaban J connectivity index is 1.63. The van der Waals surface area contributed by atoms with E-state index in [0.717, 1.165) is 11.1 Å². The number of fused-ring (bicyclic) bond motifs is 1. The molecule has 0 aromatic heterocycles. The maximum atomic E-state index is 13.5. The minimum atomic E-state index is -2.08. The van der Waals surface area contributed by atoms with E-state index in [0.29, 0.717) is 6.42 Å². The molecule has 0 aromatic rings. The van der Waals surface area contributed by atoms with Crippen LogP contribution >= 0.6 is 0 Å². The van der Waals surface area contributed by atoms with E-state index >= 15 is 0 Å². The summed E-state index contributed by atoms with van der Waals surface area (Å²) in [6.07, 6.45) is -1.83. The van der Waals surface area contributed by atoms with Crippen LogP contribution in [-0.4, -0.2) is 69.9 Å². The predicted octanol–water partition coefficient (Wildman–Crippen LogP) is 1.93. The molecule has 9 nitrogen and oxygen atoms in total. The fraction of sp³-hybridized carbons (Fsp3) is 0.759. The van der Waals surface area contributed by atoms with Gasteiger partial charge < -0.3 is 29.5 Å². The van der Waals surface area contributed by atoms with Crippen LogP contribution in [0.3, 0.4) is 0 Å². The summed E-state index contributed by atoms with van der Waals surface area (Å²) in [5.41, 5.74) is -0.700. The molecule has 0 amide bonds. The first-order valence-corrected chi connectivity index (χ1v) is 13.7. The summed E-state index contributed by atoms with van der Waals surface area (Å²) in [4.78, 5) is 39.5. The lowest BCUT2D eigenvalue weighted by Crippen LogP contribution is -2.78. The van der Waals surface area contributed by atoms with Gasteiger partial charge in [0, 0.05) is 28.7 Å². The molecule has 3 N–H and O–H groups in total. The first-order valence-electron chi connectivity index (χ1n) is 13.7. The lowest BCUT2D eigenvalue weighted by molar-refractivity contribution is -0.339. The number of esters is 2. The first-order chi connectivity index (χ1) is 17.6. The van der Waals surface area contributed by atoms with Gasteiger partial charge in [0.05, 0.1) is 6.61 Å². The predicted molar refractivity (Wildman–Crippen MR) is 134 cm³/mol. The molecule has 0 unspecified atom stereocenters. The largest absolute Gasteiger partial charge is 0.459 e. The van der Waals surface area contributed by atoms with Gasteiger partial charge in [-0.1, -0.05) is 52.7 Å². The van der Waals surface area contributed by atoms with Crippen LogP contribution in [0.15, 0.2) is 23.3 Å². The molecule has 38 heavy (non-hydrogen) atoms. The van der Waals surface area contributed by atoms with Gasteiger partial charge in [0.1, 0.15) is 18.3 Å². The van der Waals surface area contributed by atoms with Crippen LogP contribution in [0.25, 0.3) is 0 Å². The van der Waals surface area contributed by atoms with Gasteiger partial charge in [-0.15, -0.1) is 0 Å². The van der Waals surface area contributed by atoms with Gasteiger partial charge in [-0.25, -0.2) is 9.59 Å². The third kappa shape index (κ3) is 3.34. The fourth-order valence-electron chi connectivity index (χ4n) is 9.03. The van der Waals surface area contributed by atoms with Crippen molar-refractivity contribution in [1.82, 2.24) is 0 Å². The van der Waals surface area contributed by atoms with Crippen molar-refractivity contribution in [1.29, 1.82) is 0 Å².